The third-order valence-electron chi connectivity index (χ3n) is 3.46. The van der Waals surface area contributed by atoms with E-state index in [9.17, 15) is 22.7 Å². The Morgan fingerprint density at radius 2 is 2.12 bits per heavy atom. The van der Waals surface area contributed by atoms with Crippen LogP contribution in [0.15, 0.2) is 24.3 Å². The summed E-state index contributed by atoms with van der Waals surface area (Å²) in [5.74, 6) is -1.92. The number of nitrogens with zero attached hydrogens (tertiary/aromatic N) is 1. The number of amides is 1. The number of benzene rings is 2. The number of carbonyl (C=O) groups is 1. The summed E-state index contributed by atoms with van der Waals surface area (Å²) in [7, 11) is -4.23. The first-order valence-electron chi connectivity index (χ1n) is 6.95. The molecule has 128 valence electrons. The Morgan fingerprint density at radius 1 is 1.38 bits per heavy atom. The molecule has 1 aliphatic rings. The molecule has 0 aromatic heterocycles. The number of hydrogen-bond acceptors (Lipinski definition) is 6. The number of phenolic OH excluding ortho intramolecular Hbond substituents is 1. The highest BCUT2D eigenvalue weighted by atomic mass is 32.2. The zero-order valence-electron chi connectivity index (χ0n) is 12.3. The van der Waals surface area contributed by atoms with E-state index in [0.717, 1.165) is 0 Å². The molecule has 0 saturated carbocycles. The van der Waals surface area contributed by atoms with Gasteiger partial charge >= 0.3 is 10.2 Å². The van der Waals surface area contributed by atoms with Crippen LogP contribution in [0.3, 0.4) is 0 Å². The number of fused-ring (bicyclic) bond motifs is 1. The normalized spacial score (nSPS) is 16.4. The zero-order valence-corrected chi connectivity index (χ0v) is 13.1. The number of halogens is 1. The van der Waals surface area contributed by atoms with Crippen LogP contribution >= 0.6 is 0 Å². The molecule has 8 nitrogen and oxygen atoms in total. The summed E-state index contributed by atoms with van der Waals surface area (Å²) in [6, 6.07) is 5.61. The summed E-state index contributed by atoms with van der Waals surface area (Å²) in [6.07, 6.45) is 0. The first kappa shape index (κ1) is 16.3. The molecule has 0 radical (unpaired) electrons. The first-order chi connectivity index (χ1) is 11.3. The zero-order chi connectivity index (χ0) is 17.5. The summed E-state index contributed by atoms with van der Waals surface area (Å²) in [4.78, 5) is 11.3. The van der Waals surface area contributed by atoms with Crippen molar-refractivity contribution in [2.24, 2.45) is 5.73 Å². The van der Waals surface area contributed by atoms with Gasteiger partial charge in [-0.2, -0.15) is 8.42 Å². The van der Waals surface area contributed by atoms with Crippen molar-refractivity contribution in [3.05, 3.63) is 30.1 Å². The van der Waals surface area contributed by atoms with E-state index in [0.29, 0.717) is 22.0 Å². The van der Waals surface area contributed by atoms with Gasteiger partial charge in [-0.05, 0) is 29.7 Å². The predicted molar refractivity (Wildman–Crippen MR) is 84.5 cm³/mol. The molecule has 4 N–H and O–H groups in total. The van der Waals surface area contributed by atoms with E-state index < -0.39 is 39.9 Å². The van der Waals surface area contributed by atoms with Crippen molar-refractivity contribution in [2.75, 3.05) is 24.0 Å². The van der Waals surface area contributed by atoms with Gasteiger partial charge in [0.25, 0.3) is 5.91 Å². The lowest BCUT2D eigenvalue weighted by atomic mass is 10.1. The molecule has 2 aromatic rings. The minimum absolute atomic E-state index is 0.0810. The lowest BCUT2D eigenvalue weighted by Crippen LogP contribution is -2.30. The SMILES string of the molecule is NCCOc1ccc2c(F)c(N3CC(=O)NS3(=O)=O)c(O)cc2c1. The fourth-order valence-electron chi connectivity index (χ4n) is 2.47. The lowest BCUT2D eigenvalue weighted by Gasteiger charge is -2.18. The third-order valence-corrected chi connectivity index (χ3v) is 4.84. The Balaban J connectivity index is 2.12. The van der Waals surface area contributed by atoms with Crippen molar-refractivity contribution in [1.29, 1.82) is 0 Å². The molecule has 1 saturated heterocycles. The van der Waals surface area contributed by atoms with E-state index in [-0.39, 0.29) is 12.0 Å². The lowest BCUT2D eigenvalue weighted by molar-refractivity contribution is -0.117. The molecule has 0 bridgehead atoms. The second kappa shape index (κ2) is 5.80. The number of aromatic hydroxyl groups is 1. The number of carbonyl (C=O) groups excluding carboxylic acids is 1. The summed E-state index contributed by atoms with van der Waals surface area (Å²) < 4.78 is 46.1. The molecule has 0 spiro atoms. The van der Waals surface area contributed by atoms with Crippen molar-refractivity contribution >= 4 is 32.6 Å². The van der Waals surface area contributed by atoms with Crippen molar-refractivity contribution in [3.8, 4) is 11.5 Å². The molecule has 0 atom stereocenters. The summed E-state index contributed by atoms with van der Waals surface area (Å²) in [6.45, 7) is -0.0156. The second-order valence-electron chi connectivity index (χ2n) is 5.12. The molecule has 1 heterocycles. The maximum atomic E-state index is 14.8. The van der Waals surface area contributed by atoms with Gasteiger partial charge in [-0.25, -0.2) is 13.4 Å². The van der Waals surface area contributed by atoms with Crippen molar-refractivity contribution in [1.82, 2.24) is 4.72 Å². The van der Waals surface area contributed by atoms with Crippen molar-refractivity contribution in [3.63, 3.8) is 0 Å². The van der Waals surface area contributed by atoms with E-state index in [1.807, 2.05) is 0 Å². The van der Waals surface area contributed by atoms with Crippen LogP contribution in [0.5, 0.6) is 11.5 Å². The summed E-state index contributed by atoms with van der Waals surface area (Å²) in [5, 5.41) is 10.5. The number of hydrogen-bond donors (Lipinski definition) is 3. The van der Waals surface area contributed by atoms with Gasteiger partial charge in [0.2, 0.25) is 0 Å². The average molecular weight is 355 g/mol. The second-order valence-corrected chi connectivity index (χ2v) is 6.71. The predicted octanol–water partition coefficient (Wildman–Crippen LogP) is 0.203. The van der Waals surface area contributed by atoms with Crippen LogP contribution in [-0.2, 0) is 15.0 Å². The van der Waals surface area contributed by atoms with E-state index in [1.165, 1.54) is 24.3 Å². The highest BCUT2D eigenvalue weighted by molar-refractivity contribution is 7.92. The average Bonchev–Trinajstić information content (AvgIpc) is 2.77. The molecule has 0 unspecified atom stereocenters. The van der Waals surface area contributed by atoms with Crippen LogP contribution in [0.4, 0.5) is 10.1 Å². The molecule has 2 aromatic carbocycles. The summed E-state index contributed by atoms with van der Waals surface area (Å²) in [5.41, 5.74) is 4.77. The van der Waals surface area contributed by atoms with E-state index in [1.54, 1.807) is 4.72 Å². The fraction of sp³-hybridized carbons (Fsp3) is 0.214. The maximum Gasteiger partial charge on any atom is 0.326 e. The van der Waals surface area contributed by atoms with Gasteiger partial charge < -0.3 is 15.6 Å². The van der Waals surface area contributed by atoms with Crippen LogP contribution < -0.4 is 19.5 Å². The highest BCUT2D eigenvalue weighted by Crippen LogP contribution is 2.39. The number of nitrogens with one attached hydrogen (secondary N) is 1. The molecular weight excluding hydrogens is 341 g/mol. The maximum absolute atomic E-state index is 14.8. The molecule has 0 aliphatic carbocycles. The van der Waals surface area contributed by atoms with Crippen LogP contribution in [0.2, 0.25) is 0 Å². The van der Waals surface area contributed by atoms with Crippen LogP contribution in [0.25, 0.3) is 10.8 Å². The molecule has 3 rings (SSSR count). The minimum atomic E-state index is -4.23. The summed E-state index contributed by atoms with van der Waals surface area (Å²) >= 11 is 0. The van der Waals surface area contributed by atoms with Gasteiger partial charge in [0.05, 0.1) is 0 Å². The highest BCUT2D eigenvalue weighted by Gasteiger charge is 2.37. The molecule has 24 heavy (non-hydrogen) atoms. The molecular formula is C14H14FN3O5S. The number of nitrogens with two attached hydrogens (primary N) is 1. The molecule has 1 fully saturated rings. The minimum Gasteiger partial charge on any atom is -0.506 e. The smallest absolute Gasteiger partial charge is 0.326 e. The monoisotopic (exact) mass is 355 g/mol. The first-order valence-corrected chi connectivity index (χ1v) is 8.39. The van der Waals surface area contributed by atoms with Gasteiger partial charge in [0.15, 0.2) is 5.82 Å². The van der Waals surface area contributed by atoms with Gasteiger partial charge in [0.1, 0.15) is 30.3 Å². The van der Waals surface area contributed by atoms with Gasteiger partial charge in [0, 0.05) is 11.9 Å². The van der Waals surface area contributed by atoms with Crippen LogP contribution in [-0.4, -0.2) is 39.1 Å². The standard InChI is InChI=1S/C14H14FN3O5S/c15-13-10-2-1-9(23-4-3-16)5-8(10)6-11(19)14(13)18-7-12(20)17-24(18,21)22/h1-2,5-6,19H,3-4,7,16H2,(H,17,20). The number of phenols is 1. The molecule has 1 amide bonds. The largest absolute Gasteiger partial charge is 0.506 e. The van der Waals surface area contributed by atoms with Crippen LogP contribution in [0.1, 0.15) is 0 Å². The Kier molecular flexibility index (Phi) is 3.93. The van der Waals surface area contributed by atoms with Gasteiger partial charge in [-0.3, -0.25) is 4.79 Å². The molecule has 1 aliphatic heterocycles. The Bertz CT molecular complexity index is 932. The van der Waals surface area contributed by atoms with Gasteiger partial charge in [-0.15, -0.1) is 0 Å². The number of rotatable bonds is 4. The number of anilines is 1. The molecule has 10 heteroatoms. The quantitative estimate of drug-likeness (QED) is 0.720. The Hall–Kier alpha value is -2.59. The van der Waals surface area contributed by atoms with Crippen molar-refractivity contribution < 1.29 is 27.4 Å². The Morgan fingerprint density at radius 3 is 2.75 bits per heavy atom. The number of ether oxygens (including phenoxy) is 1. The fourth-order valence-corrected chi connectivity index (χ4v) is 3.63. The third kappa shape index (κ3) is 2.69. The van der Waals surface area contributed by atoms with E-state index >= 15 is 0 Å². The van der Waals surface area contributed by atoms with Crippen LogP contribution in [0, 0.1) is 5.82 Å². The Labute approximate surface area is 136 Å². The van der Waals surface area contributed by atoms with E-state index in [2.05, 4.69) is 0 Å². The van der Waals surface area contributed by atoms with Crippen molar-refractivity contribution in [2.45, 2.75) is 0 Å². The van der Waals surface area contributed by atoms with Gasteiger partial charge in [-0.1, -0.05) is 0 Å². The van der Waals surface area contributed by atoms with E-state index in [4.69, 9.17) is 10.5 Å². The topological polar surface area (TPSA) is 122 Å².